The first-order valence-corrected chi connectivity index (χ1v) is 9.56. The first-order valence-electron chi connectivity index (χ1n) is 9.56. The van der Waals surface area contributed by atoms with E-state index >= 15 is 0 Å². The van der Waals surface area contributed by atoms with Gasteiger partial charge in [0.1, 0.15) is 0 Å². The van der Waals surface area contributed by atoms with Gasteiger partial charge in [0, 0.05) is 48.1 Å². The molecule has 1 aromatic heterocycles. The van der Waals surface area contributed by atoms with Crippen molar-refractivity contribution in [2.45, 2.75) is 44.7 Å². The summed E-state index contributed by atoms with van der Waals surface area (Å²) in [6.07, 6.45) is 2.59. The molecule has 25 heavy (non-hydrogen) atoms. The lowest BCUT2D eigenvalue weighted by Gasteiger charge is -2.30. The van der Waals surface area contributed by atoms with E-state index in [0.29, 0.717) is 11.8 Å². The third kappa shape index (κ3) is 2.43. The van der Waals surface area contributed by atoms with E-state index in [1.807, 2.05) is 0 Å². The zero-order valence-corrected chi connectivity index (χ0v) is 15.2. The number of hydrogen-bond donors (Lipinski definition) is 0. The van der Waals surface area contributed by atoms with Gasteiger partial charge in [-0.15, -0.1) is 0 Å². The van der Waals surface area contributed by atoms with Crippen LogP contribution in [-0.4, -0.2) is 23.1 Å². The minimum atomic E-state index is 0.623. The zero-order valence-electron chi connectivity index (χ0n) is 15.2. The molecule has 2 atom stereocenters. The molecule has 3 heterocycles. The summed E-state index contributed by atoms with van der Waals surface area (Å²) in [5, 5.41) is 1.49. The predicted octanol–water partition coefficient (Wildman–Crippen LogP) is 5.06. The highest BCUT2D eigenvalue weighted by Gasteiger charge is 2.33. The van der Waals surface area contributed by atoms with E-state index in [1.165, 1.54) is 41.4 Å². The summed E-state index contributed by atoms with van der Waals surface area (Å²) in [5.41, 5.74) is 7.54. The average molecular weight is 330 g/mol. The second kappa shape index (κ2) is 5.74. The molecule has 0 amide bonds. The lowest BCUT2D eigenvalue weighted by atomic mass is 9.88. The fourth-order valence-electron chi connectivity index (χ4n) is 5.12. The molecule has 5 rings (SSSR count). The van der Waals surface area contributed by atoms with Crippen LogP contribution in [0, 0.1) is 6.92 Å². The summed E-state index contributed by atoms with van der Waals surface area (Å²) < 4.78 is 2.67. The van der Waals surface area contributed by atoms with Gasteiger partial charge >= 0.3 is 0 Å². The number of fused-ring (bicyclic) bond motifs is 3. The van der Waals surface area contributed by atoms with Gasteiger partial charge < -0.3 is 9.47 Å². The number of hydrogen-bond acceptors (Lipinski definition) is 1. The molecule has 0 aliphatic carbocycles. The summed E-state index contributed by atoms with van der Waals surface area (Å²) in [6, 6.07) is 18.2. The molecule has 0 fully saturated rings. The van der Waals surface area contributed by atoms with Crippen molar-refractivity contribution in [2.75, 3.05) is 13.6 Å². The molecule has 2 heteroatoms. The molecule has 0 saturated heterocycles. The zero-order chi connectivity index (χ0) is 17.0. The first-order chi connectivity index (χ1) is 12.2. The number of aromatic nitrogens is 1. The van der Waals surface area contributed by atoms with Crippen molar-refractivity contribution in [2.24, 2.45) is 0 Å². The summed E-state index contributed by atoms with van der Waals surface area (Å²) >= 11 is 0. The summed E-state index contributed by atoms with van der Waals surface area (Å²) in [4.78, 5) is 2.52. The summed E-state index contributed by atoms with van der Waals surface area (Å²) in [5.74, 6) is 1.30. The van der Waals surface area contributed by atoms with Gasteiger partial charge in [-0.05, 0) is 50.1 Å². The van der Waals surface area contributed by atoms with Crippen LogP contribution in [0.25, 0.3) is 10.9 Å². The van der Waals surface area contributed by atoms with Crippen LogP contribution in [0.3, 0.4) is 0 Å². The maximum atomic E-state index is 2.67. The fourth-order valence-corrected chi connectivity index (χ4v) is 5.12. The average Bonchev–Trinajstić information content (AvgIpc) is 2.79. The largest absolute Gasteiger partial charge is 0.343 e. The molecular formula is C23H26N2. The topological polar surface area (TPSA) is 8.17 Å². The quantitative estimate of drug-likeness (QED) is 0.606. The number of benzene rings is 2. The third-order valence-corrected chi connectivity index (χ3v) is 6.25. The van der Waals surface area contributed by atoms with Gasteiger partial charge in [0.2, 0.25) is 0 Å². The molecule has 2 nitrogen and oxygen atoms in total. The van der Waals surface area contributed by atoms with Crippen molar-refractivity contribution < 1.29 is 0 Å². The van der Waals surface area contributed by atoms with Crippen LogP contribution < -0.4 is 0 Å². The normalized spacial score (nSPS) is 23.4. The maximum absolute atomic E-state index is 2.67. The van der Waals surface area contributed by atoms with Gasteiger partial charge in [-0.2, -0.15) is 0 Å². The van der Waals surface area contributed by atoms with E-state index in [-0.39, 0.29) is 0 Å². The number of rotatable bonds is 1. The third-order valence-electron chi connectivity index (χ3n) is 6.25. The smallest absolute Gasteiger partial charge is 0.0486 e. The van der Waals surface area contributed by atoms with Crippen LogP contribution >= 0.6 is 0 Å². The van der Waals surface area contributed by atoms with Gasteiger partial charge in [0.25, 0.3) is 0 Å². The predicted molar refractivity (Wildman–Crippen MR) is 104 cm³/mol. The first kappa shape index (κ1) is 15.2. The Morgan fingerprint density at radius 1 is 0.920 bits per heavy atom. The molecule has 2 aromatic carbocycles. The summed E-state index contributed by atoms with van der Waals surface area (Å²) in [6.45, 7) is 5.63. The van der Waals surface area contributed by atoms with Crippen molar-refractivity contribution in [3.05, 3.63) is 70.9 Å². The van der Waals surface area contributed by atoms with Crippen molar-refractivity contribution in [1.82, 2.24) is 9.47 Å². The second-order valence-electron chi connectivity index (χ2n) is 8.07. The van der Waals surface area contributed by atoms with E-state index in [9.17, 15) is 0 Å². The molecule has 0 saturated carbocycles. The van der Waals surface area contributed by atoms with E-state index in [1.54, 1.807) is 11.3 Å². The Morgan fingerprint density at radius 2 is 1.72 bits per heavy atom. The Hall–Kier alpha value is -2.06. The molecule has 3 aromatic rings. The molecular weight excluding hydrogens is 304 g/mol. The van der Waals surface area contributed by atoms with Gasteiger partial charge in [0.05, 0.1) is 0 Å². The Balaban J connectivity index is 1.70. The molecule has 0 spiro atoms. The lowest BCUT2D eigenvalue weighted by molar-refractivity contribution is 0.272. The molecule has 0 radical (unpaired) electrons. The minimum Gasteiger partial charge on any atom is -0.343 e. The van der Waals surface area contributed by atoms with Crippen LogP contribution in [0.15, 0.2) is 48.5 Å². The maximum Gasteiger partial charge on any atom is 0.0486 e. The Labute approximate surface area is 150 Å². The highest BCUT2D eigenvalue weighted by molar-refractivity contribution is 5.87. The van der Waals surface area contributed by atoms with E-state index in [2.05, 4.69) is 72.0 Å². The molecule has 0 bridgehead atoms. The lowest BCUT2D eigenvalue weighted by Crippen LogP contribution is -2.30. The van der Waals surface area contributed by atoms with Crippen LogP contribution in [0.4, 0.5) is 0 Å². The van der Waals surface area contributed by atoms with Crippen molar-refractivity contribution in [3.8, 4) is 0 Å². The van der Waals surface area contributed by atoms with E-state index in [0.717, 1.165) is 13.1 Å². The number of likely N-dealkylation sites (N-methyl/N-ethyl adjacent to an activating group) is 1. The number of aryl methyl sites for hydroxylation is 1. The van der Waals surface area contributed by atoms with Crippen molar-refractivity contribution in [3.63, 3.8) is 0 Å². The van der Waals surface area contributed by atoms with Crippen LogP contribution in [0.5, 0.6) is 0 Å². The van der Waals surface area contributed by atoms with Crippen molar-refractivity contribution >= 4 is 10.9 Å². The Morgan fingerprint density at radius 3 is 2.56 bits per heavy atom. The molecule has 2 aliphatic heterocycles. The highest BCUT2D eigenvalue weighted by atomic mass is 15.1. The molecule has 128 valence electrons. The van der Waals surface area contributed by atoms with E-state index in [4.69, 9.17) is 0 Å². The van der Waals surface area contributed by atoms with Gasteiger partial charge in [-0.25, -0.2) is 0 Å². The fraction of sp³-hybridized carbons (Fsp3) is 0.391. The highest BCUT2D eigenvalue weighted by Crippen LogP contribution is 2.43. The standard InChI is InChI=1S/C23H26N2/c1-16-8-11-22-20(12-16)21-15-24(2)13-19-10-9-18(14-25(22)23(19)21)17-6-4-3-5-7-17/h3-8,11-12,18-19H,9-10,13-15H2,1-2H3. The van der Waals surface area contributed by atoms with Gasteiger partial charge in [-0.1, -0.05) is 42.0 Å². The molecule has 2 unspecified atom stereocenters. The van der Waals surface area contributed by atoms with Gasteiger partial charge in [-0.3, -0.25) is 0 Å². The van der Waals surface area contributed by atoms with Crippen LogP contribution in [-0.2, 0) is 13.1 Å². The molecule has 2 aliphatic rings. The van der Waals surface area contributed by atoms with Crippen LogP contribution in [0.2, 0.25) is 0 Å². The van der Waals surface area contributed by atoms with Crippen molar-refractivity contribution in [1.29, 1.82) is 0 Å². The molecule has 0 N–H and O–H groups in total. The Kier molecular flexibility index (Phi) is 3.49. The Bertz CT molecular complexity index is 922. The van der Waals surface area contributed by atoms with Gasteiger partial charge in [0.15, 0.2) is 0 Å². The van der Waals surface area contributed by atoms with Crippen LogP contribution in [0.1, 0.15) is 47.1 Å². The van der Waals surface area contributed by atoms with E-state index < -0.39 is 0 Å². The SMILES string of the molecule is Cc1ccc2c(c1)c1c3n2CC(c2ccccc2)CCC3CN(C)C1. The minimum absolute atomic E-state index is 0.623. The summed E-state index contributed by atoms with van der Waals surface area (Å²) in [7, 11) is 2.28. The monoisotopic (exact) mass is 330 g/mol. The number of nitrogens with zero attached hydrogens (tertiary/aromatic N) is 2. The second-order valence-corrected chi connectivity index (χ2v) is 8.07.